The maximum atomic E-state index is 12.6. The maximum Gasteiger partial charge on any atom is 0.242 e. The molecule has 0 unspecified atom stereocenters. The molecule has 0 bridgehead atoms. The van der Waals surface area contributed by atoms with Gasteiger partial charge in [0.05, 0.1) is 17.7 Å². The molecule has 1 atom stereocenters. The molecule has 2 heterocycles. The van der Waals surface area contributed by atoms with Crippen molar-refractivity contribution in [2.24, 2.45) is 10.2 Å². The summed E-state index contributed by atoms with van der Waals surface area (Å²) in [6.07, 6.45) is 5.45. The first-order valence-electron chi connectivity index (χ1n) is 7.55. The highest BCUT2D eigenvalue weighted by Gasteiger charge is 2.37. The van der Waals surface area contributed by atoms with Crippen LogP contribution in [0.15, 0.2) is 76.0 Å². The molecule has 2 aromatic rings. The molecule has 122 valence electrons. The molecule has 1 aromatic heterocycles. The number of furan rings is 1. The molecule has 24 heavy (non-hydrogen) atoms. The lowest BCUT2D eigenvalue weighted by molar-refractivity contribution is -0.125. The van der Waals surface area contributed by atoms with Gasteiger partial charge in [-0.05, 0) is 24.1 Å². The Balaban J connectivity index is 1.75. The predicted octanol–water partition coefficient (Wildman–Crippen LogP) is 3.34. The fourth-order valence-corrected chi connectivity index (χ4v) is 3.49. The minimum absolute atomic E-state index is 0.0377. The molecule has 0 saturated carbocycles. The van der Waals surface area contributed by atoms with Crippen LogP contribution in [0.5, 0.6) is 0 Å². The molecular formula is C18H17N3O2S. The summed E-state index contributed by atoms with van der Waals surface area (Å²) < 4.78 is 5.17. The third kappa shape index (κ3) is 3.83. The van der Waals surface area contributed by atoms with Gasteiger partial charge in [0.1, 0.15) is 5.76 Å². The molecule has 1 fully saturated rings. The largest absolute Gasteiger partial charge is 0.463 e. The summed E-state index contributed by atoms with van der Waals surface area (Å²) in [5, 5.41) is 8.61. The van der Waals surface area contributed by atoms with Gasteiger partial charge in [0, 0.05) is 6.54 Å². The van der Waals surface area contributed by atoms with Crippen LogP contribution in [0.4, 0.5) is 0 Å². The van der Waals surface area contributed by atoms with Crippen LogP contribution in [0, 0.1) is 0 Å². The summed E-state index contributed by atoms with van der Waals surface area (Å²) in [6.45, 7) is 4.13. The zero-order valence-electron chi connectivity index (χ0n) is 13.0. The second-order valence-corrected chi connectivity index (χ2v) is 6.35. The Morgan fingerprint density at radius 1 is 1.25 bits per heavy atom. The van der Waals surface area contributed by atoms with Crippen molar-refractivity contribution in [2.45, 2.75) is 11.7 Å². The Kier molecular flexibility index (Phi) is 5.28. The second-order valence-electron chi connectivity index (χ2n) is 5.18. The molecule has 1 aromatic carbocycles. The highest BCUT2D eigenvalue weighted by molar-refractivity contribution is 8.15. The number of amidine groups is 1. The lowest BCUT2D eigenvalue weighted by Crippen LogP contribution is -2.32. The fraction of sp³-hybridized carbons (Fsp3) is 0.167. The fourth-order valence-electron chi connectivity index (χ4n) is 2.34. The molecule has 0 spiro atoms. The summed E-state index contributed by atoms with van der Waals surface area (Å²) in [5.74, 6) is 0.653. The highest BCUT2D eigenvalue weighted by atomic mass is 32.2. The van der Waals surface area contributed by atoms with E-state index in [2.05, 4.69) is 16.8 Å². The van der Waals surface area contributed by atoms with Gasteiger partial charge in [0.25, 0.3) is 0 Å². The van der Waals surface area contributed by atoms with Crippen LogP contribution in [0.1, 0.15) is 11.3 Å². The topological polar surface area (TPSA) is 58.2 Å². The van der Waals surface area contributed by atoms with Crippen molar-refractivity contribution < 1.29 is 9.21 Å². The van der Waals surface area contributed by atoms with E-state index in [1.165, 1.54) is 18.0 Å². The SMILES string of the molecule is C=CCN1C(=O)[C@H](Cc2ccccc2)S/C1=N/N=C\c1ccco1. The van der Waals surface area contributed by atoms with Crippen molar-refractivity contribution in [3.63, 3.8) is 0 Å². The van der Waals surface area contributed by atoms with Gasteiger partial charge in [-0.25, -0.2) is 0 Å². The first-order chi connectivity index (χ1) is 11.8. The third-order valence-corrected chi connectivity index (χ3v) is 4.63. The predicted molar refractivity (Wildman–Crippen MR) is 97.2 cm³/mol. The Hall–Kier alpha value is -2.60. The molecule has 1 saturated heterocycles. The van der Waals surface area contributed by atoms with Crippen LogP contribution < -0.4 is 0 Å². The molecule has 3 rings (SSSR count). The van der Waals surface area contributed by atoms with Gasteiger partial charge in [0.15, 0.2) is 5.17 Å². The number of carbonyl (C=O) groups excluding carboxylic acids is 1. The Labute approximate surface area is 144 Å². The van der Waals surface area contributed by atoms with Crippen LogP contribution >= 0.6 is 11.8 Å². The van der Waals surface area contributed by atoms with E-state index in [1.54, 1.807) is 29.4 Å². The van der Waals surface area contributed by atoms with E-state index < -0.39 is 0 Å². The molecule has 6 heteroatoms. The molecular weight excluding hydrogens is 322 g/mol. The number of benzene rings is 1. The van der Waals surface area contributed by atoms with E-state index >= 15 is 0 Å². The van der Waals surface area contributed by atoms with Gasteiger partial charge in [-0.3, -0.25) is 9.69 Å². The molecule has 1 amide bonds. The summed E-state index contributed by atoms with van der Waals surface area (Å²) in [4.78, 5) is 14.2. The summed E-state index contributed by atoms with van der Waals surface area (Å²) in [6, 6.07) is 13.5. The number of amides is 1. The first-order valence-corrected chi connectivity index (χ1v) is 8.43. The lowest BCUT2D eigenvalue weighted by atomic mass is 10.1. The average molecular weight is 339 g/mol. The summed E-state index contributed by atoms with van der Waals surface area (Å²) in [5.41, 5.74) is 1.13. The molecule has 1 aliphatic heterocycles. The van der Waals surface area contributed by atoms with Crippen molar-refractivity contribution in [2.75, 3.05) is 6.54 Å². The van der Waals surface area contributed by atoms with Crippen LogP contribution in [0.25, 0.3) is 0 Å². The quantitative estimate of drug-likeness (QED) is 0.461. The van der Waals surface area contributed by atoms with Gasteiger partial charge in [-0.1, -0.05) is 48.2 Å². The average Bonchev–Trinajstić information content (AvgIpc) is 3.20. The number of thioether (sulfide) groups is 1. The van der Waals surface area contributed by atoms with Crippen molar-refractivity contribution in [1.29, 1.82) is 0 Å². The molecule has 1 aliphatic rings. The molecule has 0 aliphatic carbocycles. The van der Waals surface area contributed by atoms with Crippen molar-refractivity contribution >= 4 is 29.1 Å². The zero-order valence-corrected chi connectivity index (χ0v) is 13.9. The highest BCUT2D eigenvalue weighted by Crippen LogP contribution is 2.29. The summed E-state index contributed by atoms with van der Waals surface area (Å²) in [7, 11) is 0. The number of hydrogen-bond donors (Lipinski definition) is 0. The van der Waals surface area contributed by atoms with Crippen molar-refractivity contribution in [3.05, 3.63) is 72.7 Å². The zero-order chi connectivity index (χ0) is 16.8. The lowest BCUT2D eigenvalue weighted by Gasteiger charge is -2.12. The Bertz CT molecular complexity index is 754. The monoisotopic (exact) mass is 339 g/mol. The Morgan fingerprint density at radius 2 is 2.08 bits per heavy atom. The number of rotatable bonds is 6. The smallest absolute Gasteiger partial charge is 0.242 e. The van der Waals surface area contributed by atoms with Crippen LogP contribution in [-0.4, -0.2) is 34.0 Å². The summed E-state index contributed by atoms with van der Waals surface area (Å²) >= 11 is 1.43. The van der Waals surface area contributed by atoms with Gasteiger partial charge in [-0.15, -0.1) is 11.7 Å². The second kappa shape index (κ2) is 7.79. The van der Waals surface area contributed by atoms with E-state index in [1.807, 2.05) is 30.3 Å². The Morgan fingerprint density at radius 3 is 2.79 bits per heavy atom. The van der Waals surface area contributed by atoms with Crippen LogP contribution in [0.2, 0.25) is 0 Å². The maximum absolute atomic E-state index is 12.6. The minimum Gasteiger partial charge on any atom is -0.463 e. The third-order valence-electron chi connectivity index (χ3n) is 3.47. The van der Waals surface area contributed by atoms with Crippen LogP contribution in [-0.2, 0) is 11.2 Å². The van der Waals surface area contributed by atoms with E-state index in [0.717, 1.165) is 5.56 Å². The van der Waals surface area contributed by atoms with Gasteiger partial charge in [0.2, 0.25) is 5.91 Å². The van der Waals surface area contributed by atoms with E-state index in [4.69, 9.17) is 4.42 Å². The molecule has 5 nitrogen and oxygen atoms in total. The van der Waals surface area contributed by atoms with Gasteiger partial charge < -0.3 is 4.42 Å². The first kappa shape index (κ1) is 16.3. The van der Waals surface area contributed by atoms with Gasteiger partial charge >= 0.3 is 0 Å². The van der Waals surface area contributed by atoms with Crippen LogP contribution in [0.3, 0.4) is 0 Å². The number of carbonyl (C=O) groups is 1. The molecule has 0 N–H and O–H groups in total. The molecule has 0 radical (unpaired) electrons. The normalized spacial score (nSPS) is 19.5. The number of hydrogen-bond acceptors (Lipinski definition) is 5. The standard InChI is InChI=1S/C18H17N3O2S/c1-2-10-21-17(22)16(12-14-7-4-3-5-8-14)24-18(21)20-19-13-15-9-6-11-23-15/h2-9,11,13,16H,1,10,12H2/b19-13-,20-18+/t16-/m0/s1. The van der Waals surface area contributed by atoms with Gasteiger partial charge in [-0.2, -0.15) is 5.10 Å². The van der Waals surface area contributed by atoms with Crippen molar-refractivity contribution in [1.82, 2.24) is 4.90 Å². The van der Waals surface area contributed by atoms with Crippen molar-refractivity contribution in [3.8, 4) is 0 Å². The van der Waals surface area contributed by atoms with E-state index in [0.29, 0.717) is 23.9 Å². The number of nitrogens with zero attached hydrogens (tertiary/aromatic N) is 3. The van der Waals surface area contributed by atoms with E-state index in [9.17, 15) is 4.79 Å². The van der Waals surface area contributed by atoms with E-state index in [-0.39, 0.29) is 11.2 Å². The minimum atomic E-state index is -0.190.